The van der Waals surface area contributed by atoms with Crippen LogP contribution in [-0.2, 0) is 9.84 Å². The fourth-order valence-electron chi connectivity index (χ4n) is 1.06. The van der Waals surface area contributed by atoms with Crippen molar-refractivity contribution in [1.82, 2.24) is 0 Å². The Morgan fingerprint density at radius 1 is 1.44 bits per heavy atom. The van der Waals surface area contributed by atoms with Gasteiger partial charge in [0, 0.05) is 16.8 Å². The maximum Gasteiger partial charge on any atom is 0.194 e. The molecular formula is C10H10BrClO3S. The molecule has 0 saturated carbocycles. The number of hydrogen-bond donors (Lipinski definition) is 0. The van der Waals surface area contributed by atoms with Gasteiger partial charge < -0.3 is 0 Å². The molecule has 0 saturated heterocycles. The maximum absolute atomic E-state index is 12.0. The molecule has 0 amide bonds. The summed E-state index contributed by atoms with van der Waals surface area (Å²) in [6.07, 6.45) is 1.00. The molecule has 0 aliphatic heterocycles. The second-order valence-corrected chi connectivity index (χ2v) is 8.44. The lowest BCUT2D eigenvalue weighted by Gasteiger charge is -2.18. The molecule has 0 spiro atoms. The number of Topliss-reactive ketones (excluding diaryl/α,β-unsaturated/α-hetero) is 1. The van der Waals surface area contributed by atoms with Crippen LogP contribution in [0.3, 0.4) is 0 Å². The van der Waals surface area contributed by atoms with Crippen LogP contribution in [0.2, 0.25) is 5.02 Å². The normalized spacial score (nSPS) is 15.5. The third-order valence-corrected chi connectivity index (χ3v) is 6.13. The van der Waals surface area contributed by atoms with E-state index in [2.05, 4.69) is 15.9 Å². The van der Waals surface area contributed by atoms with Gasteiger partial charge >= 0.3 is 0 Å². The molecule has 0 aliphatic carbocycles. The SMILES string of the molecule is C[C@@](Br)(C(=O)c1cccc(Cl)c1)S(C)(=O)=O. The Balaban J connectivity index is 3.23. The van der Waals surface area contributed by atoms with Crippen LogP contribution in [0.4, 0.5) is 0 Å². The van der Waals surface area contributed by atoms with Crippen LogP contribution < -0.4 is 0 Å². The molecule has 0 bridgehead atoms. The molecular weight excluding hydrogens is 316 g/mol. The minimum atomic E-state index is -3.54. The molecule has 1 rings (SSSR count). The zero-order valence-electron chi connectivity index (χ0n) is 8.70. The van der Waals surface area contributed by atoms with E-state index in [0.29, 0.717) is 5.02 Å². The summed E-state index contributed by atoms with van der Waals surface area (Å²) in [4.78, 5) is 12.0. The molecule has 0 aromatic heterocycles. The molecule has 88 valence electrons. The van der Waals surface area contributed by atoms with Crippen LogP contribution in [0.1, 0.15) is 17.3 Å². The molecule has 1 aromatic carbocycles. The molecule has 0 aliphatic rings. The third-order valence-electron chi connectivity index (χ3n) is 2.19. The van der Waals surface area contributed by atoms with Crippen LogP contribution in [0.25, 0.3) is 0 Å². The molecule has 3 nitrogen and oxygen atoms in total. The quantitative estimate of drug-likeness (QED) is 0.634. The second-order valence-electron chi connectivity index (χ2n) is 3.53. The number of carbonyl (C=O) groups excluding carboxylic acids is 1. The molecule has 6 heteroatoms. The van der Waals surface area contributed by atoms with Crippen LogP contribution in [0, 0.1) is 0 Å². The first-order valence-corrected chi connectivity index (χ1v) is 7.41. The lowest BCUT2D eigenvalue weighted by Crippen LogP contribution is -2.36. The van der Waals surface area contributed by atoms with Crippen molar-refractivity contribution in [2.45, 2.75) is 10.6 Å². The number of benzene rings is 1. The fourth-order valence-corrected chi connectivity index (χ4v) is 1.93. The van der Waals surface area contributed by atoms with E-state index in [1.807, 2.05) is 0 Å². The van der Waals surface area contributed by atoms with Gasteiger partial charge in [0.15, 0.2) is 19.3 Å². The average Bonchev–Trinajstić information content (AvgIpc) is 2.14. The maximum atomic E-state index is 12.0. The van der Waals surface area contributed by atoms with Crippen molar-refractivity contribution >= 4 is 43.2 Å². The van der Waals surface area contributed by atoms with Gasteiger partial charge in [0.05, 0.1) is 0 Å². The molecule has 1 atom stereocenters. The van der Waals surface area contributed by atoms with Gasteiger partial charge in [-0.3, -0.25) is 4.79 Å². The second kappa shape index (κ2) is 4.47. The molecule has 0 radical (unpaired) electrons. The van der Waals surface area contributed by atoms with Crippen molar-refractivity contribution in [3.8, 4) is 0 Å². The van der Waals surface area contributed by atoms with Crippen molar-refractivity contribution < 1.29 is 13.2 Å². The summed E-state index contributed by atoms with van der Waals surface area (Å²) in [5, 5.41) is 0.391. The molecule has 1 aromatic rings. The predicted molar refractivity (Wildman–Crippen MR) is 68.0 cm³/mol. The summed E-state index contributed by atoms with van der Waals surface area (Å²) in [5.74, 6) is -0.530. The van der Waals surface area contributed by atoms with Gasteiger partial charge in [-0.1, -0.05) is 39.7 Å². The Morgan fingerprint density at radius 2 is 2.00 bits per heavy atom. The van der Waals surface area contributed by atoms with Crippen molar-refractivity contribution in [2.24, 2.45) is 0 Å². The first-order chi connectivity index (χ1) is 7.16. The van der Waals surface area contributed by atoms with Crippen molar-refractivity contribution in [1.29, 1.82) is 0 Å². The van der Waals surface area contributed by atoms with Crippen LogP contribution in [0.5, 0.6) is 0 Å². The summed E-state index contributed by atoms with van der Waals surface area (Å²) in [5.41, 5.74) is 0.261. The Bertz CT molecular complexity index is 523. The highest BCUT2D eigenvalue weighted by atomic mass is 79.9. The Morgan fingerprint density at radius 3 is 2.44 bits per heavy atom. The molecule has 0 fully saturated rings. The monoisotopic (exact) mass is 324 g/mol. The van der Waals surface area contributed by atoms with Gasteiger partial charge in [-0.15, -0.1) is 0 Å². The largest absolute Gasteiger partial charge is 0.291 e. The summed E-state index contributed by atoms with van der Waals surface area (Å²) in [6.45, 7) is 1.31. The molecule has 0 unspecified atom stereocenters. The minimum Gasteiger partial charge on any atom is -0.291 e. The summed E-state index contributed by atoms with van der Waals surface area (Å²) < 4.78 is 21.3. The molecule has 0 heterocycles. The van der Waals surface area contributed by atoms with E-state index in [-0.39, 0.29) is 5.56 Å². The van der Waals surface area contributed by atoms with Crippen molar-refractivity contribution in [3.63, 3.8) is 0 Å². The number of rotatable bonds is 3. The first-order valence-electron chi connectivity index (χ1n) is 4.35. The van der Waals surface area contributed by atoms with E-state index < -0.39 is 19.3 Å². The number of halogens is 2. The highest BCUT2D eigenvalue weighted by Gasteiger charge is 2.41. The van der Waals surface area contributed by atoms with Gasteiger partial charge in [-0.2, -0.15) is 0 Å². The lowest BCUT2D eigenvalue weighted by atomic mass is 10.1. The predicted octanol–water partition coefficient (Wildman–Crippen LogP) is 2.68. The van der Waals surface area contributed by atoms with E-state index in [1.54, 1.807) is 12.1 Å². The van der Waals surface area contributed by atoms with Crippen LogP contribution >= 0.6 is 27.5 Å². The van der Waals surface area contributed by atoms with Gasteiger partial charge in [0.2, 0.25) is 0 Å². The number of hydrogen-bond acceptors (Lipinski definition) is 3. The van der Waals surface area contributed by atoms with Crippen LogP contribution in [0.15, 0.2) is 24.3 Å². The zero-order chi connectivity index (χ0) is 12.6. The van der Waals surface area contributed by atoms with E-state index in [1.165, 1.54) is 19.1 Å². The number of carbonyl (C=O) groups is 1. The Kier molecular flexibility index (Phi) is 3.82. The third kappa shape index (κ3) is 2.64. The highest BCUT2D eigenvalue weighted by molar-refractivity contribution is 9.12. The smallest absolute Gasteiger partial charge is 0.194 e. The summed E-state index contributed by atoms with van der Waals surface area (Å²) >= 11 is 8.68. The van der Waals surface area contributed by atoms with Crippen LogP contribution in [-0.4, -0.2) is 24.1 Å². The van der Waals surface area contributed by atoms with Gasteiger partial charge in [0.25, 0.3) is 0 Å². The summed E-state index contributed by atoms with van der Waals surface area (Å²) in [7, 11) is -3.54. The topological polar surface area (TPSA) is 51.2 Å². The van der Waals surface area contributed by atoms with Crippen molar-refractivity contribution in [2.75, 3.05) is 6.26 Å². The number of ketones is 1. The number of alkyl halides is 1. The first kappa shape index (κ1) is 13.7. The highest BCUT2D eigenvalue weighted by Crippen LogP contribution is 2.29. The summed E-state index contributed by atoms with van der Waals surface area (Å²) in [6, 6.07) is 6.18. The van der Waals surface area contributed by atoms with E-state index >= 15 is 0 Å². The van der Waals surface area contributed by atoms with Crippen molar-refractivity contribution in [3.05, 3.63) is 34.9 Å². The zero-order valence-corrected chi connectivity index (χ0v) is 11.9. The van der Waals surface area contributed by atoms with Gasteiger partial charge in [-0.25, -0.2) is 8.42 Å². The van der Waals surface area contributed by atoms with Gasteiger partial charge in [-0.05, 0) is 19.1 Å². The van der Waals surface area contributed by atoms with Gasteiger partial charge in [0.1, 0.15) is 0 Å². The van der Waals surface area contributed by atoms with E-state index in [0.717, 1.165) is 6.26 Å². The Hall–Kier alpha value is -0.390. The number of sulfone groups is 1. The average molecular weight is 326 g/mol. The van der Waals surface area contributed by atoms with E-state index in [9.17, 15) is 13.2 Å². The lowest BCUT2D eigenvalue weighted by molar-refractivity contribution is 0.0983. The Labute approximate surface area is 108 Å². The van der Waals surface area contributed by atoms with E-state index in [4.69, 9.17) is 11.6 Å². The standard InChI is InChI=1S/C10H10BrClO3S/c1-10(11,16(2,14)15)9(13)7-4-3-5-8(12)6-7/h3-6H,1-2H3/t10-/m0/s1. The molecule has 16 heavy (non-hydrogen) atoms. The fraction of sp³-hybridized carbons (Fsp3) is 0.300. The molecule has 0 N–H and O–H groups in total. The minimum absolute atomic E-state index is 0.261.